The van der Waals surface area contributed by atoms with Crippen molar-refractivity contribution in [2.75, 3.05) is 46.2 Å². The van der Waals surface area contributed by atoms with Crippen LogP contribution in [-0.4, -0.2) is 85.0 Å². The molecule has 2 heterocycles. The Labute approximate surface area is 357 Å². The van der Waals surface area contributed by atoms with E-state index < -0.39 is 23.8 Å². The zero-order chi connectivity index (χ0) is 42.2. The Morgan fingerprint density at radius 2 is 1.72 bits per heavy atom. The lowest BCUT2D eigenvalue weighted by atomic mass is 9.55. The van der Waals surface area contributed by atoms with Crippen LogP contribution in [0.2, 0.25) is 0 Å². The first-order valence-electron chi connectivity index (χ1n) is 21.0. The highest BCUT2D eigenvalue weighted by Gasteiger charge is 2.65. The number of unbranched alkanes of at least 4 members (excludes halogenated alkanes) is 2. The SMILES string of the molecule is C=CCOC12Oc3ccc(Oc4ccc(C)c(C)c4)cc3C3C(CCCCO)C(CCCCO)C=C(C(=NOC)CC1N(Cc1ccc4c(c1)OCO4)C(=O)OCCCl)C32. The third kappa shape index (κ3) is 8.98. The van der Waals surface area contributed by atoms with E-state index in [1.165, 1.54) is 12.7 Å². The first-order valence-corrected chi connectivity index (χ1v) is 21.5. The van der Waals surface area contributed by atoms with Crippen molar-refractivity contribution in [3.05, 3.63) is 101 Å². The number of carbonyl (C=O) groups excluding carboxylic acids is 1. The third-order valence-corrected chi connectivity index (χ3v) is 12.4. The van der Waals surface area contributed by atoms with Gasteiger partial charge in [-0.2, -0.15) is 0 Å². The largest absolute Gasteiger partial charge is 0.459 e. The fraction of sp³-hybridized carbons (Fsp3) is 0.489. The van der Waals surface area contributed by atoms with Crippen LogP contribution in [0, 0.1) is 31.6 Å². The minimum atomic E-state index is -1.47. The fourth-order valence-corrected chi connectivity index (χ4v) is 9.56. The molecule has 6 unspecified atom stereocenters. The van der Waals surface area contributed by atoms with Crippen LogP contribution in [-0.2, 0) is 20.9 Å². The molecule has 4 aliphatic rings. The van der Waals surface area contributed by atoms with Crippen LogP contribution >= 0.6 is 11.6 Å². The van der Waals surface area contributed by atoms with E-state index in [1.807, 2.05) is 42.5 Å². The zero-order valence-corrected chi connectivity index (χ0v) is 35.5. The molecule has 13 heteroatoms. The molecule has 7 rings (SSSR count). The third-order valence-electron chi connectivity index (χ3n) is 12.3. The maximum atomic E-state index is 14.5. The van der Waals surface area contributed by atoms with E-state index in [-0.39, 0.29) is 69.8 Å². The number of halogens is 1. The molecule has 1 saturated carbocycles. The summed E-state index contributed by atoms with van der Waals surface area (Å²) in [5.41, 5.74) is 5.64. The minimum Gasteiger partial charge on any atom is -0.459 e. The van der Waals surface area contributed by atoms with Gasteiger partial charge < -0.3 is 43.5 Å². The number of allylic oxidation sites excluding steroid dienone is 1. The van der Waals surface area contributed by atoms with Crippen molar-refractivity contribution in [3.63, 3.8) is 0 Å². The van der Waals surface area contributed by atoms with Crippen molar-refractivity contribution in [1.29, 1.82) is 0 Å². The van der Waals surface area contributed by atoms with Crippen LogP contribution in [0.1, 0.15) is 73.1 Å². The zero-order valence-electron chi connectivity index (χ0n) is 34.8. The van der Waals surface area contributed by atoms with Gasteiger partial charge in [0, 0.05) is 37.7 Å². The number of aliphatic hydroxyl groups is 2. The van der Waals surface area contributed by atoms with Gasteiger partial charge in [0.25, 0.3) is 0 Å². The van der Waals surface area contributed by atoms with Crippen LogP contribution < -0.4 is 18.9 Å². The lowest BCUT2D eigenvalue weighted by Gasteiger charge is -2.59. The van der Waals surface area contributed by atoms with Crippen LogP contribution in [0.4, 0.5) is 4.79 Å². The number of rotatable bonds is 19. The molecule has 1 amide bonds. The van der Waals surface area contributed by atoms with E-state index in [9.17, 15) is 15.0 Å². The second-order valence-corrected chi connectivity index (χ2v) is 16.3. The van der Waals surface area contributed by atoms with E-state index in [0.29, 0.717) is 41.6 Å². The predicted octanol–water partition coefficient (Wildman–Crippen LogP) is 8.97. The molecular formula is C47H57ClN2O10. The molecule has 0 bridgehead atoms. The maximum Gasteiger partial charge on any atom is 0.410 e. The molecule has 12 nitrogen and oxygen atoms in total. The average Bonchev–Trinajstić information content (AvgIpc) is 3.72. The summed E-state index contributed by atoms with van der Waals surface area (Å²) in [6.45, 7) is 8.70. The van der Waals surface area contributed by atoms with Crippen molar-refractivity contribution < 1.29 is 48.3 Å². The number of hydrogen-bond donors (Lipinski definition) is 2. The molecular weight excluding hydrogens is 788 g/mol. The van der Waals surface area contributed by atoms with E-state index in [2.05, 4.69) is 43.8 Å². The molecule has 2 aliphatic carbocycles. The second-order valence-electron chi connectivity index (χ2n) is 15.9. The Bertz CT molecular complexity index is 2060. The Kier molecular flexibility index (Phi) is 14.3. The molecule has 1 fully saturated rings. The summed E-state index contributed by atoms with van der Waals surface area (Å²) < 4.78 is 38.1. The van der Waals surface area contributed by atoms with Gasteiger partial charge in [0.15, 0.2) is 11.5 Å². The van der Waals surface area contributed by atoms with Gasteiger partial charge in [0.1, 0.15) is 37.0 Å². The summed E-state index contributed by atoms with van der Waals surface area (Å²) in [4.78, 5) is 21.7. The predicted molar refractivity (Wildman–Crippen MR) is 228 cm³/mol. The van der Waals surface area contributed by atoms with Crippen molar-refractivity contribution in [2.24, 2.45) is 22.9 Å². The molecule has 3 aromatic rings. The quantitative estimate of drug-likeness (QED) is 0.0521. The van der Waals surface area contributed by atoms with E-state index in [0.717, 1.165) is 53.7 Å². The van der Waals surface area contributed by atoms with Crippen molar-refractivity contribution in [3.8, 4) is 28.7 Å². The highest BCUT2D eigenvalue weighted by atomic mass is 35.5. The number of fused-ring (bicyclic) bond motifs is 3. The Balaban J connectivity index is 1.43. The fourth-order valence-electron chi connectivity index (χ4n) is 9.48. The molecule has 0 saturated heterocycles. The van der Waals surface area contributed by atoms with E-state index >= 15 is 0 Å². The number of nitrogens with zero attached hydrogens (tertiary/aromatic N) is 2. The molecule has 60 heavy (non-hydrogen) atoms. The van der Waals surface area contributed by atoms with Gasteiger partial charge in [0.05, 0.1) is 24.1 Å². The molecule has 0 radical (unpaired) electrons. The van der Waals surface area contributed by atoms with E-state index in [1.54, 1.807) is 11.0 Å². The van der Waals surface area contributed by atoms with Crippen LogP contribution in [0.3, 0.4) is 0 Å². The van der Waals surface area contributed by atoms with Crippen molar-refractivity contribution >= 4 is 23.4 Å². The number of carbonyl (C=O) groups is 1. The summed E-state index contributed by atoms with van der Waals surface area (Å²) in [6.07, 6.45) is 8.19. The van der Waals surface area contributed by atoms with Gasteiger partial charge >= 0.3 is 6.09 Å². The molecule has 6 atom stereocenters. The van der Waals surface area contributed by atoms with Crippen LogP contribution in [0.15, 0.2) is 84.1 Å². The maximum absolute atomic E-state index is 14.5. The summed E-state index contributed by atoms with van der Waals surface area (Å²) in [5, 5.41) is 24.5. The topological polar surface area (TPSA) is 138 Å². The van der Waals surface area contributed by atoms with Gasteiger partial charge in [0.2, 0.25) is 12.6 Å². The van der Waals surface area contributed by atoms with Gasteiger partial charge in [-0.1, -0.05) is 42.3 Å². The standard InChI is InChI=1S/C47H57ClN2O10/c1-5-21-58-47-43(50(46(53)55-22-18-48)28-32-13-16-41-42(24-32)57-29-56-41)27-39(49-54-4)37-25-33(10-6-8-19-51)36(11-7-9-20-52)44(45(37)47)38-26-35(15-17-40(38)60-47)59-34-14-12-30(2)31(3)23-34/h5,12-17,23-26,33,36,43-45,51-52H,1,6-11,18-22,27-29H2,2-4H3. The lowest BCUT2D eigenvalue weighted by molar-refractivity contribution is -0.256. The smallest absolute Gasteiger partial charge is 0.410 e. The van der Waals surface area contributed by atoms with Gasteiger partial charge in [-0.25, -0.2) is 4.79 Å². The van der Waals surface area contributed by atoms with Gasteiger partial charge in [-0.3, -0.25) is 4.90 Å². The summed E-state index contributed by atoms with van der Waals surface area (Å²) in [7, 11) is 1.53. The molecule has 0 aromatic heterocycles. The van der Waals surface area contributed by atoms with Gasteiger partial charge in [-0.15, -0.1) is 18.2 Å². The van der Waals surface area contributed by atoms with Gasteiger partial charge in [-0.05, 0) is 116 Å². The Morgan fingerprint density at radius 1 is 0.967 bits per heavy atom. The van der Waals surface area contributed by atoms with E-state index in [4.69, 9.17) is 44.9 Å². The normalized spacial score (nSPS) is 24.1. The average molecular weight is 845 g/mol. The first kappa shape index (κ1) is 43.3. The van der Waals surface area contributed by atoms with Crippen LogP contribution in [0.5, 0.6) is 28.7 Å². The molecule has 2 aliphatic heterocycles. The number of benzene rings is 3. The van der Waals surface area contributed by atoms with Crippen LogP contribution in [0.25, 0.3) is 0 Å². The summed E-state index contributed by atoms with van der Waals surface area (Å²) >= 11 is 6.09. The number of ether oxygens (including phenoxy) is 6. The molecule has 2 N–H and O–H groups in total. The molecule has 322 valence electrons. The summed E-state index contributed by atoms with van der Waals surface area (Å²) in [5.74, 6) is 1.26. The highest BCUT2D eigenvalue weighted by Crippen LogP contribution is 2.62. The number of aliphatic hydroxyl groups excluding tert-OH is 2. The number of aryl methyl sites for hydroxylation is 2. The Hall–Kier alpha value is -4.75. The highest BCUT2D eigenvalue weighted by molar-refractivity contribution is 6.18. The molecule has 3 aromatic carbocycles. The lowest BCUT2D eigenvalue weighted by Crippen LogP contribution is -2.70. The molecule has 0 spiro atoms. The summed E-state index contributed by atoms with van der Waals surface area (Å²) in [6, 6.07) is 16.8. The second kappa shape index (κ2) is 19.8. The Morgan fingerprint density at radius 3 is 2.47 bits per heavy atom. The number of amides is 1. The monoisotopic (exact) mass is 844 g/mol. The number of oxime groups is 1. The van der Waals surface area contributed by atoms with Crippen molar-refractivity contribution in [1.82, 2.24) is 4.90 Å². The number of alkyl halides is 1. The minimum absolute atomic E-state index is 0.00306. The number of hydrogen-bond acceptors (Lipinski definition) is 11. The first-order chi connectivity index (χ1) is 29.2. The van der Waals surface area contributed by atoms with Crippen molar-refractivity contribution in [2.45, 2.75) is 83.1 Å².